The lowest BCUT2D eigenvalue weighted by molar-refractivity contribution is 0.122. The number of benzene rings is 3. The zero-order chi connectivity index (χ0) is 24.1. The van der Waals surface area contributed by atoms with Crippen LogP contribution in [0.4, 0.5) is 13.2 Å². The lowest BCUT2D eigenvalue weighted by Crippen LogP contribution is -2.18. The summed E-state index contributed by atoms with van der Waals surface area (Å²) in [4.78, 5) is 0. The molecule has 0 radical (unpaired) electrons. The molecular weight excluding hydrogens is 441 g/mol. The van der Waals surface area contributed by atoms with E-state index < -0.39 is 17.5 Å². The highest BCUT2D eigenvalue weighted by atomic mass is 19.2. The van der Waals surface area contributed by atoms with Crippen LogP contribution in [0.15, 0.2) is 54.6 Å². The fourth-order valence-corrected chi connectivity index (χ4v) is 4.40. The average Bonchev–Trinajstić information content (AvgIpc) is 2.85. The molecule has 1 saturated carbocycles. The average molecular weight is 471 g/mol. The fourth-order valence-electron chi connectivity index (χ4n) is 4.40. The summed E-state index contributed by atoms with van der Waals surface area (Å²) in [5, 5.41) is 9.67. The third-order valence-corrected chi connectivity index (χ3v) is 6.38. The Kier molecular flexibility index (Phi) is 7.91. The zero-order valence-corrected chi connectivity index (χ0v) is 19.2. The van der Waals surface area contributed by atoms with Crippen molar-refractivity contribution in [3.63, 3.8) is 0 Å². The second-order valence-electron chi connectivity index (χ2n) is 8.72. The van der Waals surface area contributed by atoms with E-state index in [0.29, 0.717) is 50.0 Å². The van der Waals surface area contributed by atoms with Crippen LogP contribution in [0.25, 0.3) is 11.1 Å². The smallest absolute Gasteiger partial charge is 0.166 e. The van der Waals surface area contributed by atoms with E-state index in [-0.39, 0.29) is 29.9 Å². The Morgan fingerprint density at radius 3 is 2.21 bits per heavy atom. The molecule has 0 unspecified atom stereocenters. The molecule has 1 aliphatic carbocycles. The van der Waals surface area contributed by atoms with Gasteiger partial charge in [-0.3, -0.25) is 0 Å². The van der Waals surface area contributed by atoms with Crippen LogP contribution in [-0.4, -0.2) is 17.8 Å². The molecule has 0 aliphatic heterocycles. The first-order chi connectivity index (χ1) is 16.5. The minimum Gasteiger partial charge on any atom is -0.486 e. The summed E-state index contributed by atoms with van der Waals surface area (Å²) in [6.45, 7) is 2.92. The van der Waals surface area contributed by atoms with Crippen LogP contribution in [0.2, 0.25) is 0 Å². The number of ether oxygens (including phenoxy) is 2. The van der Waals surface area contributed by atoms with Gasteiger partial charge in [0.15, 0.2) is 23.2 Å². The number of aliphatic hydroxyl groups excluding tert-OH is 1. The van der Waals surface area contributed by atoms with Crippen LogP contribution in [0.3, 0.4) is 0 Å². The molecule has 0 spiro atoms. The van der Waals surface area contributed by atoms with Gasteiger partial charge in [0.2, 0.25) is 0 Å². The molecule has 0 bridgehead atoms. The number of hydrogen-bond acceptors (Lipinski definition) is 3. The highest BCUT2D eigenvalue weighted by molar-refractivity contribution is 5.65. The number of aliphatic hydroxyl groups is 1. The molecule has 0 atom stereocenters. The first-order valence-corrected chi connectivity index (χ1v) is 11.7. The van der Waals surface area contributed by atoms with Crippen LogP contribution in [-0.2, 0) is 18.0 Å². The molecule has 6 heteroatoms. The molecule has 1 N–H and O–H groups in total. The van der Waals surface area contributed by atoms with Gasteiger partial charge in [0.25, 0.3) is 0 Å². The van der Waals surface area contributed by atoms with E-state index in [0.717, 1.165) is 11.1 Å². The van der Waals surface area contributed by atoms with Gasteiger partial charge in [-0.2, -0.15) is 0 Å². The van der Waals surface area contributed by atoms with Gasteiger partial charge in [-0.05, 0) is 72.9 Å². The van der Waals surface area contributed by atoms with E-state index in [4.69, 9.17) is 9.47 Å². The maximum atomic E-state index is 14.9. The van der Waals surface area contributed by atoms with Crippen molar-refractivity contribution in [1.82, 2.24) is 0 Å². The standard InChI is InChI=1S/C28H29F3O3/c1-2-33-16-19-5-14-26(25(29)15-19)34-17-18-3-6-20(7-4-18)23-12-13-24(28(31)27(23)30)21-8-10-22(32)11-9-21/h3-7,12-15,21-22,32H,2,8-11,16-17H2,1H3. The molecule has 180 valence electrons. The Labute approximate surface area is 198 Å². The van der Waals surface area contributed by atoms with Gasteiger partial charge in [-0.1, -0.05) is 42.5 Å². The predicted octanol–water partition coefficient (Wildman–Crippen LogP) is 6.90. The van der Waals surface area contributed by atoms with Gasteiger partial charge < -0.3 is 14.6 Å². The van der Waals surface area contributed by atoms with Crippen LogP contribution in [0.1, 0.15) is 55.2 Å². The Hall–Kier alpha value is -2.83. The van der Waals surface area contributed by atoms with Crippen molar-refractivity contribution in [3.8, 4) is 16.9 Å². The molecule has 0 saturated heterocycles. The van der Waals surface area contributed by atoms with Gasteiger partial charge in [0, 0.05) is 12.2 Å². The summed E-state index contributed by atoms with van der Waals surface area (Å²) < 4.78 is 54.9. The van der Waals surface area contributed by atoms with Crippen LogP contribution in [0.5, 0.6) is 5.75 Å². The molecule has 1 aliphatic rings. The third-order valence-electron chi connectivity index (χ3n) is 6.38. The maximum Gasteiger partial charge on any atom is 0.166 e. The van der Waals surface area contributed by atoms with Crippen molar-refractivity contribution < 1.29 is 27.8 Å². The van der Waals surface area contributed by atoms with E-state index >= 15 is 0 Å². The van der Waals surface area contributed by atoms with Crippen molar-refractivity contribution in [3.05, 3.63) is 88.7 Å². The zero-order valence-electron chi connectivity index (χ0n) is 19.2. The largest absolute Gasteiger partial charge is 0.486 e. The molecular formula is C28H29F3O3. The molecule has 4 rings (SSSR count). The third kappa shape index (κ3) is 5.62. The first kappa shape index (κ1) is 24.3. The topological polar surface area (TPSA) is 38.7 Å². The van der Waals surface area contributed by atoms with Crippen LogP contribution >= 0.6 is 0 Å². The monoisotopic (exact) mass is 470 g/mol. The SMILES string of the molecule is CCOCc1ccc(OCc2ccc(-c3ccc(C4CCC(O)CC4)c(F)c3F)cc2)c(F)c1. The molecule has 3 nitrogen and oxygen atoms in total. The molecule has 34 heavy (non-hydrogen) atoms. The second-order valence-corrected chi connectivity index (χ2v) is 8.72. The van der Waals surface area contributed by atoms with E-state index in [9.17, 15) is 18.3 Å². The van der Waals surface area contributed by atoms with E-state index in [1.54, 1.807) is 48.5 Å². The molecule has 3 aromatic carbocycles. The summed E-state index contributed by atoms with van der Waals surface area (Å²) in [7, 11) is 0. The molecule has 3 aromatic rings. The van der Waals surface area contributed by atoms with Gasteiger partial charge in [0.05, 0.1) is 12.7 Å². The summed E-state index contributed by atoms with van der Waals surface area (Å²) >= 11 is 0. The molecule has 1 fully saturated rings. The second kappa shape index (κ2) is 11.1. The fraction of sp³-hybridized carbons (Fsp3) is 0.357. The quantitative estimate of drug-likeness (QED) is 0.389. The molecule has 0 aromatic heterocycles. The van der Waals surface area contributed by atoms with E-state index in [1.165, 1.54) is 6.07 Å². The minimum absolute atomic E-state index is 0.0693. The lowest BCUT2D eigenvalue weighted by atomic mass is 9.82. The highest BCUT2D eigenvalue weighted by Gasteiger charge is 2.25. The van der Waals surface area contributed by atoms with Crippen molar-refractivity contribution in [2.24, 2.45) is 0 Å². The Morgan fingerprint density at radius 2 is 1.53 bits per heavy atom. The predicted molar refractivity (Wildman–Crippen MR) is 125 cm³/mol. The Balaban J connectivity index is 1.42. The van der Waals surface area contributed by atoms with Crippen molar-refractivity contribution in [1.29, 1.82) is 0 Å². The number of rotatable bonds is 8. The van der Waals surface area contributed by atoms with Crippen LogP contribution < -0.4 is 4.74 Å². The summed E-state index contributed by atoms with van der Waals surface area (Å²) in [5.74, 6) is -2.06. The molecule has 0 amide bonds. The lowest BCUT2D eigenvalue weighted by Gasteiger charge is -2.26. The Morgan fingerprint density at radius 1 is 0.824 bits per heavy atom. The number of halogens is 3. The Bertz CT molecular complexity index is 1110. The highest BCUT2D eigenvalue weighted by Crippen LogP contribution is 2.37. The van der Waals surface area contributed by atoms with E-state index in [2.05, 4.69) is 0 Å². The van der Waals surface area contributed by atoms with Crippen molar-refractivity contribution >= 4 is 0 Å². The first-order valence-electron chi connectivity index (χ1n) is 11.7. The van der Waals surface area contributed by atoms with Gasteiger partial charge in [-0.15, -0.1) is 0 Å². The normalized spacial score (nSPS) is 18.1. The molecule has 0 heterocycles. The van der Waals surface area contributed by atoms with Gasteiger partial charge in [0.1, 0.15) is 6.61 Å². The van der Waals surface area contributed by atoms with Gasteiger partial charge in [-0.25, -0.2) is 13.2 Å². The summed E-state index contributed by atoms with van der Waals surface area (Å²) in [6, 6.07) is 14.9. The van der Waals surface area contributed by atoms with Crippen molar-refractivity contribution in [2.75, 3.05) is 6.61 Å². The van der Waals surface area contributed by atoms with Crippen molar-refractivity contribution in [2.45, 2.75) is 57.8 Å². The van der Waals surface area contributed by atoms with Crippen LogP contribution in [0, 0.1) is 17.5 Å². The minimum atomic E-state index is -0.859. The van der Waals surface area contributed by atoms with Gasteiger partial charge >= 0.3 is 0 Å². The number of hydrogen-bond donors (Lipinski definition) is 1. The van der Waals surface area contributed by atoms with E-state index in [1.807, 2.05) is 6.92 Å². The summed E-state index contributed by atoms with van der Waals surface area (Å²) in [6.07, 6.45) is 2.18. The summed E-state index contributed by atoms with van der Waals surface area (Å²) in [5.41, 5.74) is 2.64. The maximum absolute atomic E-state index is 14.9.